The Morgan fingerprint density at radius 3 is 2.44 bits per heavy atom. The molecule has 0 heterocycles. The molecular formula is C21H30N4O2. The average Bonchev–Trinajstić information content (AvgIpc) is 2.68. The van der Waals surface area contributed by atoms with E-state index in [4.69, 9.17) is 9.47 Å². The van der Waals surface area contributed by atoms with E-state index in [1.54, 1.807) is 14.2 Å². The van der Waals surface area contributed by atoms with Crippen LogP contribution in [-0.4, -0.2) is 51.8 Å². The van der Waals surface area contributed by atoms with Gasteiger partial charge in [-0.25, -0.2) is 0 Å². The Balaban J connectivity index is 1.93. The highest BCUT2D eigenvalue weighted by Gasteiger charge is 2.06. The molecule has 27 heavy (non-hydrogen) atoms. The number of benzene rings is 2. The third-order valence-electron chi connectivity index (χ3n) is 4.04. The Morgan fingerprint density at radius 2 is 1.78 bits per heavy atom. The Kier molecular flexibility index (Phi) is 8.45. The molecule has 0 unspecified atom stereocenters. The first-order chi connectivity index (χ1) is 13.2. The van der Waals surface area contributed by atoms with Crippen molar-refractivity contribution in [1.82, 2.24) is 10.2 Å². The number of hydrogen-bond acceptors (Lipinski definition) is 4. The number of anilines is 1. The van der Waals surface area contributed by atoms with E-state index in [2.05, 4.69) is 51.8 Å². The summed E-state index contributed by atoms with van der Waals surface area (Å²) >= 11 is 0. The van der Waals surface area contributed by atoms with Crippen molar-refractivity contribution in [2.75, 3.05) is 46.2 Å². The van der Waals surface area contributed by atoms with Crippen LogP contribution in [-0.2, 0) is 6.54 Å². The van der Waals surface area contributed by atoms with E-state index in [0.717, 1.165) is 31.3 Å². The van der Waals surface area contributed by atoms with Crippen molar-refractivity contribution >= 4 is 11.6 Å². The van der Waals surface area contributed by atoms with Crippen LogP contribution in [0, 0.1) is 0 Å². The van der Waals surface area contributed by atoms with Crippen LogP contribution in [0.1, 0.15) is 12.5 Å². The van der Waals surface area contributed by atoms with Gasteiger partial charge >= 0.3 is 0 Å². The van der Waals surface area contributed by atoms with Crippen molar-refractivity contribution in [2.24, 2.45) is 4.99 Å². The van der Waals surface area contributed by atoms with E-state index in [1.165, 1.54) is 5.56 Å². The van der Waals surface area contributed by atoms with Crippen LogP contribution in [0.15, 0.2) is 53.5 Å². The number of nitrogens with zero attached hydrogens (tertiary/aromatic N) is 2. The second-order valence-corrected chi connectivity index (χ2v) is 6.18. The summed E-state index contributed by atoms with van der Waals surface area (Å²) in [6.45, 7) is 5.33. The molecule has 0 saturated heterocycles. The number of nitrogens with one attached hydrogen (secondary N) is 2. The van der Waals surface area contributed by atoms with Gasteiger partial charge in [0.25, 0.3) is 0 Å². The molecule has 6 nitrogen and oxygen atoms in total. The normalized spacial score (nSPS) is 11.4. The molecule has 2 N–H and O–H groups in total. The number of likely N-dealkylation sites (N-methyl/N-ethyl adjacent to an activating group) is 1. The Bertz CT molecular complexity index is 719. The highest BCUT2D eigenvalue weighted by molar-refractivity contribution is 5.93. The lowest BCUT2D eigenvalue weighted by molar-refractivity contribution is 0.336. The maximum absolute atomic E-state index is 5.36. The molecule has 6 heteroatoms. The van der Waals surface area contributed by atoms with Crippen LogP contribution in [0.25, 0.3) is 0 Å². The zero-order chi connectivity index (χ0) is 19.5. The maximum atomic E-state index is 5.36. The Hall–Kier alpha value is -2.73. The van der Waals surface area contributed by atoms with Crippen molar-refractivity contribution in [3.63, 3.8) is 0 Å². The van der Waals surface area contributed by atoms with E-state index >= 15 is 0 Å². The van der Waals surface area contributed by atoms with Gasteiger partial charge < -0.3 is 25.0 Å². The molecule has 0 saturated carbocycles. The first-order valence-corrected chi connectivity index (χ1v) is 9.16. The number of aliphatic imine (C=N–C) groups is 1. The molecule has 0 aliphatic heterocycles. The molecule has 0 atom stereocenters. The lowest BCUT2D eigenvalue weighted by Crippen LogP contribution is -2.31. The van der Waals surface area contributed by atoms with Gasteiger partial charge in [0, 0.05) is 31.4 Å². The highest BCUT2D eigenvalue weighted by atomic mass is 16.5. The predicted molar refractivity (Wildman–Crippen MR) is 112 cm³/mol. The summed E-state index contributed by atoms with van der Waals surface area (Å²) in [5, 5.41) is 6.58. The monoisotopic (exact) mass is 370 g/mol. The standard InChI is InChI=1S/C21H30N4O2/c1-5-22-21(24-18-11-12-19(26-3)20(15-18)27-4)23-13-14-25(2)16-17-9-7-6-8-10-17/h6-12,15H,5,13-14,16H2,1-4H3,(H2,22,23,24). The van der Waals surface area contributed by atoms with E-state index in [1.807, 2.05) is 31.2 Å². The minimum absolute atomic E-state index is 0.681. The lowest BCUT2D eigenvalue weighted by atomic mass is 10.2. The van der Waals surface area contributed by atoms with Gasteiger partial charge in [0.2, 0.25) is 0 Å². The molecule has 2 rings (SSSR count). The summed E-state index contributed by atoms with van der Waals surface area (Å²) in [6.07, 6.45) is 0. The van der Waals surface area contributed by atoms with Gasteiger partial charge in [-0.05, 0) is 31.7 Å². The molecule has 0 amide bonds. The second kappa shape index (κ2) is 11.1. The summed E-state index contributed by atoms with van der Waals surface area (Å²) in [6, 6.07) is 16.2. The summed E-state index contributed by atoms with van der Waals surface area (Å²) in [7, 11) is 5.36. The molecule has 0 spiro atoms. The summed E-state index contributed by atoms with van der Waals surface area (Å²) in [5.74, 6) is 2.13. The number of rotatable bonds is 9. The molecule has 0 aliphatic rings. The fourth-order valence-electron chi connectivity index (χ4n) is 2.66. The van der Waals surface area contributed by atoms with Gasteiger partial charge in [-0.2, -0.15) is 0 Å². The third kappa shape index (κ3) is 6.83. The van der Waals surface area contributed by atoms with E-state index in [9.17, 15) is 0 Å². The largest absolute Gasteiger partial charge is 0.493 e. The minimum Gasteiger partial charge on any atom is -0.493 e. The molecule has 146 valence electrons. The van der Waals surface area contributed by atoms with Gasteiger partial charge in [0.05, 0.1) is 20.8 Å². The molecular weight excluding hydrogens is 340 g/mol. The van der Waals surface area contributed by atoms with Crippen molar-refractivity contribution in [3.8, 4) is 11.5 Å². The Labute approximate surface area is 162 Å². The van der Waals surface area contributed by atoms with Gasteiger partial charge in [-0.1, -0.05) is 30.3 Å². The highest BCUT2D eigenvalue weighted by Crippen LogP contribution is 2.29. The Morgan fingerprint density at radius 1 is 1.04 bits per heavy atom. The molecule has 2 aromatic rings. The van der Waals surface area contributed by atoms with Crippen molar-refractivity contribution in [1.29, 1.82) is 0 Å². The lowest BCUT2D eigenvalue weighted by Gasteiger charge is -2.17. The molecule has 0 aliphatic carbocycles. The van der Waals surface area contributed by atoms with E-state index < -0.39 is 0 Å². The fraction of sp³-hybridized carbons (Fsp3) is 0.381. The smallest absolute Gasteiger partial charge is 0.195 e. The molecule has 0 fully saturated rings. The summed E-state index contributed by atoms with van der Waals surface area (Å²) < 4.78 is 10.6. The molecule has 0 radical (unpaired) electrons. The molecule has 0 bridgehead atoms. The van der Waals surface area contributed by atoms with Crippen molar-refractivity contribution < 1.29 is 9.47 Å². The van der Waals surface area contributed by atoms with Crippen molar-refractivity contribution in [3.05, 3.63) is 54.1 Å². The van der Waals surface area contributed by atoms with E-state index in [-0.39, 0.29) is 0 Å². The first-order valence-electron chi connectivity index (χ1n) is 9.16. The van der Waals surface area contributed by atoms with Crippen LogP contribution in [0.3, 0.4) is 0 Å². The number of hydrogen-bond donors (Lipinski definition) is 2. The summed E-state index contributed by atoms with van der Waals surface area (Å²) in [4.78, 5) is 6.93. The zero-order valence-electron chi connectivity index (χ0n) is 16.7. The fourth-order valence-corrected chi connectivity index (χ4v) is 2.66. The zero-order valence-corrected chi connectivity index (χ0v) is 16.7. The average molecular weight is 370 g/mol. The van der Waals surface area contributed by atoms with Crippen LogP contribution in [0.2, 0.25) is 0 Å². The van der Waals surface area contributed by atoms with Gasteiger partial charge in [-0.15, -0.1) is 0 Å². The van der Waals surface area contributed by atoms with Gasteiger partial charge in [0.15, 0.2) is 17.5 Å². The topological polar surface area (TPSA) is 58.1 Å². The quantitative estimate of drug-likeness (QED) is 0.524. The van der Waals surface area contributed by atoms with Gasteiger partial charge in [-0.3, -0.25) is 4.99 Å². The maximum Gasteiger partial charge on any atom is 0.195 e. The van der Waals surface area contributed by atoms with Gasteiger partial charge in [0.1, 0.15) is 0 Å². The van der Waals surface area contributed by atoms with Crippen LogP contribution in [0.5, 0.6) is 11.5 Å². The van der Waals surface area contributed by atoms with E-state index in [0.29, 0.717) is 18.0 Å². The predicted octanol–water partition coefficient (Wildman–Crippen LogP) is 3.21. The number of guanidine groups is 1. The number of ether oxygens (including phenoxy) is 2. The number of methoxy groups -OCH3 is 2. The summed E-state index contributed by atoms with van der Waals surface area (Å²) in [5.41, 5.74) is 2.20. The third-order valence-corrected chi connectivity index (χ3v) is 4.04. The van der Waals surface area contributed by atoms with Crippen molar-refractivity contribution in [2.45, 2.75) is 13.5 Å². The molecule has 0 aromatic heterocycles. The minimum atomic E-state index is 0.681. The second-order valence-electron chi connectivity index (χ2n) is 6.18. The SMILES string of the molecule is CCNC(=NCCN(C)Cc1ccccc1)Nc1ccc(OC)c(OC)c1. The van der Waals surface area contributed by atoms with Crippen LogP contribution < -0.4 is 20.1 Å². The van der Waals surface area contributed by atoms with Crippen LogP contribution in [0.4, 0.5) is 5.69 Å². The van der Waals surface area contributed by atoms with Crippen LogP contribution >= 0.6 is 0 Å². The molecule has 2 aromatic carbocycles. The first kappa shape index (κ1) is 20.6.